The lowest BCUT2D eigenvalue weighted by atomic mass is 10.0. The number of primary amides is 1. The molecule has 2 aliphatic rings. The number of carboxylic acids is 1. The van der Waals surface area contributed by atoms with E-state index >= 15 is 0 Å². The molecule has 25 heavy (non-hydrogen) atoms. The molecule has 0 spiro atoms. The fourth-order valence-corrected chi connectivity index (χ4v) is 3.07. The maximum Gasteiger partial charge on any atom is 0.343 e. The molecule has 2 aliphatic heterocycles. The number of amides is 2. The number of nitrogens with zero attached hydrogens (tertiary/aromatic N) is 1. The molecule has 0 radical (unpaired) electrons. The molecular weight excluding hydrogens is 330 g/mol. The number of aromatic hydroxyl groups is 1. The van der Waals surface area contributed by atoms with Gasteiger partial charge >= 0.3 is 5.97 Å². The number of hydrogen-bond acceptors (Lipinski definition) is 6. The van der Waals surface area contributed by atoms with E-state index in [-0.39, 0.29) is 35.0 Å². The normalized spacial score (nSPS) is 23.1. The lowest BCUT2D eigenvalue weighted by Gasteiger charge is -2.40. The summed E-state index contributed by atoms with van der Waals surface area (Å²) >= 11 is 0. The summed E-state index contributed by atoms with van der Waals surface area (Å²) in [5.74, 6) is -2.47. The highest BCUT2D eigenvalue weighted by Crippen LogP contribution is 2.30. The highest BCUT2D eigenvalue weighted by Gasteiger charge is 2.40. The Balaban J connectivity index is 1.55. The second-order valence-corrected chi connectivity index (χ2v) is 6.23. The van der Waals surface area contributed by atoms with E-state index in [1.165, 1.54) is 18.2 Å². The van der Waals surface area contributed by atoms with Gasteiger partial charge in [-0.3, -0.25) is 9.59 Å². The second-order valence-electron chi connectivity index (χ2n) is 6.23. The minimum atomic E-state index is -1.28. The molecule has 0 bridgehead atoms. The van der Waals surface area contributed by atoms with Gasteiger partial charge in [-0.2, -0.15) is 0 Å². The Bertz CT molecular complexity index is 716. The van der Waals surface area contributed by atoms with Crippen molar-refractivity contribution >= 4 is 17.8 Å². The fourth-order valence-electron chi connectivity index (χ4n) is 3.07. The van der Waals surface area contributed by atoms with Gasteiger partial charge in [0.1, 0.15) is 23.2 Å². The molecule has 2 amide bonds. The number of carbonyl (C=O) groups excluding carboxylic acids is 2. The Morgan fingerprint density at radius 1 is 1.28 bits per heavy atom. The third-order valence-electron chi connectivity index (χ3n) is 4.50. The van der Waals surface area contributed by atoms with Gasteiger partial charge in [-0.25, -0.2) is 4.79 Å². The van der Waals surface area contributed by atoms with E-state index in [0.29, 0.717) is 26.1 Å². The number of carboxylic acid groups (broad SMARTS) is 1. The van der Waals surface area contributed by atoms with Crippen molar-refractivity contribution in [3.63, 3.8) is 0 Å². The second kappa shape index (κ2) is 6.60. The van der Waals surface area contributed by atoms with Crippen molar-refractivity contribution < 1.29 is 29.3 Å². The molecule has 3 rings (SSSR count). The van der Waals surface area contributed by atoms with Crippen LogP contribution in [0.2, 0.25) is 0 Å². The highest BCUT2D eigenvalue weighted by molar-refractivity contribution is 5.94. The van der Waals surface area contributed by atoms with Crippen molar-refractivity contribution in [1.82, 2.24) is 10.2 Å². The molecule has 0 aliphatic carbocycles. The zero-order chi connectivity index (χ0) is 18.1. The monoisotopic (exact) mass is 349 g/mol. The zero-order valence-electron chi connectivity index (χ0n) is 13.3. The number of phenols is 1. The van der Waals surface area contributed by atoms with Crippen LogP contribution < -0.4 is 15.8 Å². The minimum absolute atomic E-state index is 0.0670. The van der Waals surface area contributed by atoms with Crippen LogP contribution in [0.1, 0.15) is 16.8 Å². The first kappa shape index (κ1) is 17.0. The average Bonchev–Trinajstić information content (AvgIpc) is 2.99. The maximum absolute atomic E-state index is 12.3. The SMILES string of the molecule is NC(=O)[C@@H]1CN[C@H](C(=O)N2CC(Oc3cccc(O)c3C(=O)O)C2)C1. The Hall–Kier alpha value is -2.81. The van der Waals surface area contributed by atoms with Crippen molar-refractivity contribution in [3.05, 3.63) is 23.8 Å². The van der Waals surface area contributed by atoms with Crippen molar-refractivity contribution in [2.45, 2.75) is 18.6 Å². The number of aromatic carboxylic acids is 1. The number of carbonyl (C=O) groups is 3. The summed E-state index contributed by atoms with van der Waals surface area (Å²) in [6.45, 7) is 1.02. The van der Waals surface area contributed by atoms with Crippen LogP contribution in [0.25, 0.3) is 0 Å². The molecule has 2 heterocycles. The summed E-state index contributed by atoms with van der Waals surface area (Å²) in [5.41, 5.74) is 4.95. The number of hydrogen-bond donors (Lipinski definition) is 4. The lowest BCUT2D eigenvalue weighted by Crippen LogP contribution is -2.59. The van der Waals surface area contributed by atoms with E-state index in [2.05, 4.69) is 5.32 Å². The van der Waals surface area contributed by atoms with Crippen molar-refractivity contribution in [3.8, 4) is 11.5 Å². The van der Waals surface area contributed by atoms with Gasteiger partial charge in [0.05, 0.1) is 25.0 Å². The molecule has 9 heteroatoms. The summed E-state index contributed by atoms with van der Waals surface area (Å²) in [7, 11) is 0. The van der Waals surface area contributed by atoms with E-state index in [0.717, 1.165) is 0 Å². The van der Waals surface area contributed by atoms with Crippen LogP contribution in [-0.4, -0.2) is 64.7 Å². The Kier molecular flexibility index (Phi) is 4.49. The summed E-state index contributed by atoms with van der Waals surface area (Å²) < 4.78 is 5.60. The molecule has 2 fully saturated rings. The van der Waals surface area contributed by atoms with E-state index in [1.54, 1.807) is 4.90 Å². The van der Waals surface area contributed by atoms with Crippen molar-refractivity contribution in [1.29, 1.82) is 0 Å². The highest BCUT2D eigenvalue weighted by atomic mass is 16.5. The third kappa shape index (κ3) is 3.36. The largest absolute Gasteiger partial charge is 0.507 e. The topological polar surface area (TPSA) is 142 Å². The number of benzene rings is 1. The predicted molar refractivity (Wildman–Crippen MR) is 85.2 cm³/mol. The Labute approximate surface area is 143 Å². The van der Waals surface area contributed by atoms with E-state index in [1.807, 2.05) is 0 Å². The number of nitrogens with two attached hydrogens (primary N) is 1. The van der Waals surface area contributed by atoms with Gasteiger partial charge in [0.2, 0.25) is 11.8 Å². The number of nitrogens with one attached hydrogen (secondary N) is 1. The first-order valence-corrected chi connectivity index (χ1v) is 7.90. The molecule has 9 nitrogen and oxygen atoms in total. The van der Waals surface area contributed by atoms with Gasteiger partial charge in [0, 0.05) is 6.54 Å². The van der Waals surface area contributed by atoms with Crippen LogP contribution in [-0.2, 0) is 9.59 Å². The zero-order valence-corrected chi connectivity index (χ0v) is 13.3. The van der Waals surface area contributed by atoms with Crippen LogP contribution >= 0.6 is 0 Å². The summed E-state index contributed by atoms with van der Waals surface area (Å²) in [6.07, 6.45) is 0.0310. The Morgan fingerprint density at radius 2 is 2.00 bits per heavy atom. The third-order valence-corrected chi connectivity index (χ3v) is 4.50. The van der Waals surface area contributed by atoms with Gasteiger partial charge < -0.3 is 30.9 Å². The molecule has 2 saturated heterocycles. The molecule has 1 aromatic rings. The molecule has 0 unspecified atom stereocenters. The van der Waals surface area contributed by atoms with Gasteiger partial charge in [-0.05, 0) is 18.6 Å². The standard InChI is InChI=1S/C16H19N3O6/c17-14(21)8-4-10(18-5-8)15(22)19-6-9(7-19)25-12-3-1-2-11(20)13(12)16(23)24/h1-3,8-10,18,20H,4-7H2,(H2,17,21)(H,23,24)/t8-,10-/m0/s1. The Morgan fingerprint density at radius 3 is 2.60 bits per heavy atom. The molecule has 0 saturated carbocycles. The average molecular weight is 349 g/mol. The summed E-state index contributed by atoms with van der Waals surface area (Å²) in [4.78, 5) is 36.3. The van der Waals surface area contributed by atoms with Gasteiger partial charge in [-0.1, -0.05) is 6.07 Å². The number of ether oxygens (including phenoxy) is 1. The molecule has 5 N–H and O–H groups in total. The molecule has 2 atom stereocenters. The van der Waals surface area contributed by atoms with E-state index in [9.17, 15) is 19.5 Å². The molecule has 134 valence electrons. The predicted octanol–water partition coefficient (Wildman–Crippen LogP) is -0.857. The van der Waals surface area contributed by atoms with Gasteiger partial charge in [0.15, 0.2) is 0 Å². The van der Waals surface area contributed by atoms with Crippen LogP contribution in [0.15, 0.2) is 18.2 Å². The van der Waals surface area contributed by atoms with Crippen molar-refractivity contribution in [2.24, 2.45) is 11.7 Å². The van der Waals surface area contributed by atoms with E-state index in [4.69, 9.17) is 15.6 Å². The van der Waals surface area contributed by atoms with Crippen LogP contribution in [0, 0.1) is 5.92 Å². The summed E-state index contributed by atoms with van der Waals surface area (Å²) in [5, 5.41) is 21.8. The van der Waals surface area contributed by atoms with Gasteiger partial charge in [0.25, 0.3) is 0 Å². The first-order chi connectivity index (χ1) is 11.9. The number of rotatable bonds is 5. The molecular formula is C16H19N3O6. The number of likely N-dealkylation sites (tertiary alicyclic amines) is 1. The van der Waals surface area contributed by atoms with Crippen LogP contribution in [0.3, 0.4) is 0 Å². The van der Waals surface area contributed by atoms with Gasteiger partial charge in [-0.15, -0.1) is 0 Å². The lowest BCUT2D eigenvalue weighted by molar-refractivity contribution is -0.142. The van der Waals surface area contributed by atoms with Crippen molar-refractivity contribution in [2.75, 3.05) is 19.6 Å². The molecule has 0 aromatic heterocycles. The smallest absolute Gasteiger partial charge is 0.343 e. The van der Waals surface area contributed by atoms with Crippen LogP contribution in [0.4, 0.5) is 0 Å². The molecule has 1 aromatic carbocycles. The maximum atomic E-state index is 12.3. The summed E-state index contributed by atoms with van der Waals surface area (Å²) in [6, 6.07) is 3.79. The van der Waals surface area contributed by atoms with E-state index < -0.39 is 17.9 Å². The minimum Gasteiger partial charge on any atom is -0.507 e. The fraction of sp³-hybridized carbons (Fsp3) is 0.438. The first-order valence-electron chi connectivity index (χ1n) is 7.90. The van der Waals surface area contributed by atoms with Crippen LogP contribution in [0.5, 0.6) is 11.5 Å². The quantitative estimate of drug-likeness (QED) is 0.542.